The molecule has 0 bridgehead atoms. The minimum Gasteiger partial charge on any atom is -0.481 e. The minimum atomic E-state index is -0.669. The first-order valence-electron chi connectivity index (χ1n) is 6.58. The average molecular weight is 410 g/mol. The Labute approximate surface area is 142 Å². The molecule has 114 valence electrons. The maximum absolute atomic E-state index is 12.1. The molecule has 2 rings (SSSR count). The van der Waals surface area contributed by atoms with Gasteiger partial charge in [0.1, 0.15) is 5.75 Å². The molecule has 1 unspecified atom stereocenters. The Bertz CT molecular complexity index is 686. The van der Waals surface area contributed by atoms with Crippen LogP contribution < -0.4 is 15.8 Å². The number of anilines is 1. The highest BCUT2D eigenvalue weighted by Crippen LogP contribution is 2.16. The molecule has 0 saturated carbocycles. The van der Waals surface area contributed by atoms with Gasteiger partial charge in [0, 0.05) is 14.8 Å². The number of carbonyl (C=O) groups excluding carboxylic acids is 2. The standard InChI is InChI=1S/C16H15IN2O3/c1-10(16(21)19-13-4-2-3-12(17)9-13)22-14-7-5-11(6-8-14)15(18)20/h2-10H,1H3,(H2,18,20)(H,19,21). The van der Waals surface area contributed by atoms with Crippen LogP contribution in [-0.4, -0.2) is 17.9 Å². The van der Waals surface area contributed by atoms with E-state index >= 15 is 0 Å². The third kappa shape index (κ3) is 4.45. The van der Waals surface area contributed by atoms with E-state index in [1.165, 1.54) is 0 Å². The second-order valence-corrected chi connectivity index (χ2v) is 5.89. The van der Waals surface area contributed by atoms with Crippen LogP contribution in [0.5, 0.6) is 5.75 Å². The molecule has 0 aliphatic heterocycles. The SMILES string of the molecule is CC(Oc1ccc(C(N)=O)cc1)C(=O)Nc1cccc(I)c1. The zero-order chi connectivity index (χ0) is 16.1. The number of halogens is 1. The van der Waals surface area contributed by atoms with E-state index in [-0.39, 0.29) is 5.91 Å². The number of hydrogen-bond donors (Lipinski definition) is 2. The maximum Gasteiger partial charge on any atom is 0.265 e. The quantitative estimate of drug-likeness (QED) is 0.744. The minimum absolute atomic E-state index is 0.249. The number of carbonyl (C=O) groups is 2. The molecule has 0 heterocycles. The fraction of sp³-hybridized carbons (Fsp3) is 0.125. The summed E-state index contributed by atoms with van der Waals surface area (Å²) >= 11 is 2.18. The van der Waals surface area contributed by atoms with E-state index < -0.39 is 12.0 Å². The zero-order valence-electron chi connectivity index (χ0n) is 11.9. The maximum atomic E-state index is 12.1. The van der Waals surface area contributed by atoms with Crippen LogP contribution in [0.1, 0.15) is 17.3 Å². The van der Waals surface area contributed by atoms with Crippen molar-refractivity contribution in [1.82, 2.24) is 0 Å². The number of primary amides is 1. The number of nitrogens with two attached hydrogens (primary N) is 1. The Kier molecular flexibility index (Phi) is 5.37. The van der Waals surface area contributed by atoms with Crippen molar-refractivity contribution in [3.05, 3.63) is 57.7 Å². The van der Waals surface area contributed by atoms with Crippen molar-refractivity contribution in [3.8, 4) is 5.75 Å². The summed E-state index contributed by atoms with van der Waals surface area (Å²) in [5.41, 5.74) is 6.28. The summed E-state index contributed by atoms with van der Waals surface area (Å²) in [6, 6.07) is 13.8. The smallest absolute Gasteiger partial charge is 0.265 e. The number of hydrogen-bond acceptors (Lipinski definition) is 3. The molecule has 22 heavy (non-hydrogen) atoms. The average Bonchev–Trinajstić information content (AvgIpc) is 2.47. The summed E-state index contributed by atoms with van der Waals surface area (Å²) in [6.07, 6.45) is -0.669. The lowest BCUT2D eigenvalue weighted by Crippen LogP contribution is -2.30. The van der Waals surface area contributed by atoms with Crippen molar-refractivity contribution in [2.24, 2.45) is 5.73 Å². The van der Waals surface area contributed by atoms with E-state index in [0.29, 0.717) is 11.3 Å². The molecule has 0 spiro atoms. The molecule has 2 aromatic carbocycles. The molecule has 0 radical (unpaired) electrons. The van der Waals surface area contributed by atoms with E-state index in [9.17, 15) is 9.59 Å². The molecule has 0 fully saturated rings. The van der Waals surface area contributed by atoms with E-state index in [1.807, 2.05) is 24.3 Å². The number of ether oxygens (including phenoxy) is 1. The third-order valence-electron chi connectivity index (χ3n) is 2.91. The Morgan fingerprint density at radius 2 is 1.86 bits per heavy atom. The fourth-order valence-electron chi connectivity index (χ4n) is 1.77. The number of benzene rings is 2. The summed E-state index contributed by atoms with van der Waals surface area (Å²) in [4.78, 5) is 23.1. The normalized spacial score (nSPS) is 11.5. The second kappa shape index (κ2) is 7.26. The molecule has 3 N–H and O–H groups in total. The van der Waals surface area contributed by atoms with Crippen molar-refractivity contribution >= 4 is 40.1 Å². The third-order valence-corrected chi connectivity index (χ3v) is 3.58. The summed E-state index contributed by atoms with van der Waals surface area (Å²) in [5, 5.41) is 2.79. The molecule has 2 amide bonds. The molecular weight excluding hydrogens is 395 g/mol. The molecule has 0 aliphatic rings. The first-order chi connectivity index (χ1) is 10.5. The van der Waals surface area contributed by atoms with Crippen molar-refractivity contribution in [1.29, 1.82) is 0 Å². The first-order valence-corrected chi connectivity index (χ1v) is 7.66. The van der Waals surface area contributed by atoms with Gasteiger partial charge in [-0.2, -0.15) is 0 Å². The van der Waals surface area contributed by atoms with Crippen LogP contribution >= 0.6 is 22.6 Å². The van der Waals surface area contributed by atoms with Crippen LogP contribution in [0, 0.1) is 3.57 Å². The van der Waals surface area contributed by atoms with Gasteiger partial charge in [0.25, 0.3) is 5.91 Å². The van der Waals surface area contributed by atoms with E-state index in [2.05, 4.69) is 27.9 Å². The van der Waals surface area contributed by atoms with E-state index in [1.54, 1.807) is 31.2 Å². The van der Waals surface area contributed by atoms with Crippen molar-refractivity contribution in [2.45, 2.75) is 13.0 Å². The van der Waals surface area contributed by atoms with Gasteiger partial charge in [0.05, 0.1) is 0 Å². The molecule has 0 aromatic heterocycles. The van der Waals surface area contributed by atoms with Crippen LogP contribution in [0.2, 0.25) is 0 Å². The Balaban J connectivity index is 1.97. The monoisotopic (exact) mass is 410 g/mol. The molecule has 6 heteroatoms. The molecule has 5 nitrogen and oxygen atoms in total. The first kappa shape index (κ1) is 16.3. The summed E-state index contributed by atoms with van der Waals surface area (Å²) in [5.74, 6) is -0.257. The van der Waals surface area contributed by atoms with Crippen LogP contribution in [0.25, 0.3) is 0 Å². The topological polar surface area (TPSA) is 81.4 Å². The van der Waals surface area contributed by atoms with Gasteiger partial charge < -0.3 is 15.8 Å². The van der Waals surface area contributed by atoms with Gasteiger partial charge in [0.15, 0.2) is 6.10 Å². The highest BCUT2D eigenvalue weighted by Gasteiger charge is 2.15. The van der Waals surface area contributed by atoms with E-state index in [0.717, 1.165) is 9.26 Å². The molecule has 0 saturated heterocycles. The zero-order valence-corrected chi connectivity index (χ0v) is 14.0. The summed E-state index contributed by atoms with van der Waals surface area (Å²) in [7, 11) is 0. The van der Waals surface area contributed by atoms with Crippen molar-refractivity contribution < 1.29 is 14.3 Å². The van der Waals surface area contributed by atoms with Crippen molar-refractivity contribution in [2.75, 3.05) is 5.32 Å². The number of amides is 2. The Morgan fingerprint density at radius 1 is 1.18 bits per heavy atom. The molecule has 0 aliphatic carbocycles. The highest BCUT2D eigenvalue weighted by atomic mass is 127. The molecule has 2 aromatic rings. The van der Waals surface area contributed by atoms with Gasteiger partial charge in [-0.1, -0.05) is 6.07 Å². The largest absolute Gasteiger partial charge is 0.481 e. The lowest BCUT2D eigenvalue weighted by atomic mass is 10.2. The highest BCUT2D eigenvalue weighted by molar-refractivity contribution is 14.1. The van der Waals surface area contributed by atoms with E-state index in [4.69, 9.17) is 10.5 Å². The molecular formula is C16H15IN2O3. The Hall–Kier alpha value is -2.09. The predicted molar refractivity (Wildman–Crippen MR) is 92.8 cm³/mol. The Morgan fingerprint density at radius 3 is 2.45 bits per heavy atom. The predicted octanol–water partition coefficient (Wildman–Crippen LogP) is 2.80. The van der Waals surface area contributed by atoms with Gasteiger partial charge in [-0.25, -0.2) is 0 Å². The fourth-order valence-corrected chi connectivity index (χ4v) is 2.31. The van der Waals surface area contributed by atoms with Gasteiger partial charge in [0.2, 0.25) is 5.91 Å². The lowest BCUT2D eigenvalue weighted by molar-refractivity contribution is -0.122. The number of rotatable bonds is 5. The summed E-state index contributed by atoms with van der Waals surface area (Å²) < 4.78 is 6.58. The summed E-state index contributed by atoms with van der Waals surface area (Å²) in [6.45, 7) is 1.66. The van der Waals surface area contributed by atoms with Gasteiger partial charge >= 0.3 is 0 Å². The van der Waals surface area contributed by atoms with Crippen LogP contribution in [-0.2, 0) is 4.79 Å². The second-order valence-electron chi connectivity index (χ2n) is 4.65. The van der Waals surface area contributed by atoms with Gasteiger partial charge in [-0.3, -0.25) is 9.59 Å². The van der Waals surface area contributed by atoms with Crippen molar-refractivity contribution in [3.63, 3.8) is 0 Å². The molecule has 1 atom stereocenters. The lowest BCUT2D eigenvalue weighted by Gasteiger charge is -2.15. The van der Waals surface area contributed by atoms with Crippen LogP contribution in [0.4, 0.5) is 5.69 Å². The van der Waals surface area contributed by atoms with Gasteiger partial charge in [-0.05, 0) is 72.0 Å². The number of nitrogens with one attached hydrogen (secondary N) is 1. The van der Waals surface area contributed by atoms with Crippen LogP contribution in [0.15, 0.2) is 48.5 Å². The van der Waals surface area contributed by atoms with Crippen LogP contribution in [0.3, 0.4) is 0 Å². The van der Waals surface area contributed by atoms with Gasteiger partial charge in [-0.15, -0.1) is 0 Å².